The first-order valence-electron chi connectivity index (χ1n) is 4.22. The second-order valence-electron chi connectivity index (χ2n) is 3.15. The highest BCUT2D eigenvalue weighted by atomic mass is 35.6. The predicted molar refractivity (Wildman–Crippen MR) is 56.9 cm³/mol. The Labute approximate surface area is 106 Å². The van der Waals surface area contributed by atoms with Crippen LogP contribution in [0.4, 0.5) is 0 Å². The van der Waals surface area contributed by atoms with E-state index in [0.717, 1.165) is 0 Å². The van der Waals surface area contributed by atoms with Crippen LogP contribution in [-0.4, -0.2) is 56.2 Å². The molecule has 0 aromatic carbocycles. The van der Waals surface area contributed by atoms with Crippen molar-refractivity contribution in [1.82, 2.24) is 0 Å². The highest BCUT2D eigenvalue weighted by Gasteiger charge is 2.45. The molecule has 1 heterocycles. The molecule has 9 heteroatoms. The van der Waals surface area contributed by atoms with Crippen LogP contribution in [0.3, 0.4) is 0 Å². The van der Waals surface area contributed by atoms with Crippen LogP contribution in [0.2, 0.25) is 0 Å². The lowest BCUT2D eigenvalue weighted by molar-refractivity contribution is -0.124. The Kier molecular flexibility index (Phi) is 4.65. The molecule has 0 bridgehead atoms. The summed E-state index contributed by atoms with van der Waals surface area (Å²) < 4.78 is 7.57. The number of aliphatic hydroxyl groups excluding tert-OH is 3. The molecule has 4 N–H and O–H groups in total. The number of halogens is 3. The lowest BCUT2D eigenvalue weighted by Crippen LogP contribution is -2.37. The molecule has 0 aliphatic carbocycles. The number of hydrogen-bond donors (Lipinski definition) is 4. The predicted octanol–water partition coefficient (Wildman–Crippen LogP) is -0.211. The lowest BCUT2D eigenvalue weighted by Gasteiger charge is -2.20. The average Bonchev–Trinajstić information content (AvgIpc) is 2.44. The summed E-state index contributed by atoms with van der Waals surface area (Å²) in [5.74, 6) is -0.743. The molecule has 0 aromatic heterocycles. The Bertz CT molecular complexity index is 271. The third-order valence-electron chi connectivity index (χ3n) is 1.99. The first-order chi connectivity index (χ1) is 7.27. The minimum Gasteiger partial charge on any atom is -0.445 e. The number of aliphatic hydroxyl groups is 3. The Morgan fingerprint density at radius 2 is 1.88 bits per heavy atom. The topological polar surface area (TPSA) is 103 Å². The fourth-order valence-corrected chi connectivity index (χ4v) is 1.28. The molecular formula is C7H10Cl3NO5. The maximum atomic E-state index is 9.44. The molecule has 94 valence electrons. The van der Waals surface area contributed by atoms with Gasteiger partial charge in [0.05, 0.1) is 6.61 Å². The second-order valence-corrected chi connectivity index (χ2v) is 5.43. The monoisotopic (exact) mass is 293 g/mol. The molecule has 1 saturated heterocycles. The summed E-state index contributed by atoms with van der Waals surface area (Å²) in [7, 11) is 0. The van der Waals surface area contributed by atoms with Gasteiger partial charge in [0.25, 0.3) is 3.79 Å². The molecule has 0 spiro atoms. The molecule has 16 heavy (non-hydrogen) atoms. The summed E-state index contributed by atoms with van der Waals surface area (Å²) in [6.07, 6.45) is -5.10. The Morgan fingerprint density at radius 1 is 1.31 bits per heavy atom. The first-order valence-corrected chi connectivity index (χ1v) is 5.35. The van der Waals surface area contributed by atoms with Gasteiger partial charge in [0, 0.05) is 0 Å². The van der Waals surface area contributed by atoms with Crippen LogP contribution in [0.5, 0.6) is 0 Å². The van der Waals surface area contributed by atoms with Gasteiger partial charge >= 0.3 is 0 Å². The van der Waals surface area contributed by atoms with Crippen LogP contribution in [0, 0.1) is 5.41 Å². The van der Waals surface area contributed by atoms with Gasteiger partial charge in [-0.3, -0.25) is 5.41 Å². The third-order valence-corrected chi connectivity index (χ3v) is 2.50. The Hall–Kier alpha value is 0.180. The van der Waals surface area contributed by atoms with E-state index in [-0.39, 0.29) is 0 Å². The van der Waals surface area contributed by atoms with Crippen LogP contribution in [0.1, 0.15) is 0 Å². The van der Waals surface area contributed by atoms with Gasteiger partial charge in [-0.2, -0.15) is 0 Å². The molecule has 1 fully saturated rings. The number of nitrogens with one attached hydrogen (secondary N) is 1. The number of hydrogen-bond acceptors (Lipinski definition) is 6. The summed E-state index contributed by atoms with van der Waals surface area (Å²) in [6, 6.07) is 0. The van der Waals surface area contributed by atoms with Gasteiger partial charge in [-0.15, -0.1) is 0 Å². The fourth-order valence-electron chi connectivity index (χ4n) is 1.15. The van der Waals surface area contributed by atoms with E-state index in [1.54, 1.807) is 0 Å². The maximum absolute atomic E-state index is 9.44. The second kappa shape index (κ2) is 5.22. The summed E-state index contributed by atoms with van der Waals surface area (Å²) >= 11 is 16.0. The van der Waals surface area contributed by atoms with E-state index in [2.05, 4.69) is 0 Å². The van der Waals surface area contributed by atoms with E-state index in [0.29, 0.717) is 0 Å². The van der Waals surface area contributed by atoms with Crippen molar-refractivity contribution in [3.8, 4) is 0 Å². The molecule has 1 rings (SSSR count). The Morgan fingerprint density at radius 3 is 2.25 bits per heavy atom. The van der Waals surface area contributed by atoms with Gasteiger partial charge in [-0.25, -0.2) is 0 Å². The molecular weight excluding hydrogens is 284 g/mol. The summed E-state index contributed by atoms with van der Waals surface area (Å²) in [4.78, 5) is 0. The molecule has 1 aliphatic rings. The van der Waals surface area contributed by atoms with E-state index in [9.17, 15) is 10.2 Å². The molecule has 6 nitrogen and oxygen atoms in total. The fraction of sp³-hybridized carbons (Fsp3) is 0.857. The minimum absolute atomic E-state index is 0.501. The highest BCUT2D eigenvalue weighted by molar-refractivity contribution is 6.76. The zero-order valence-electron chi connectivity index (χ0n) is 7.81. The smallest absolute Gasteiger partial charge is 0.265 e. The molecule has 0 amide bonds. The van der Waals surface area contributed by atoms with Crippen LogP contribution >= 0.6 is 34.8 Å². The van der Waals surface area contributed by atoms with Crippen molar-refractivity contribution in [3.05, 3.63) is 0 Å². The van der Waals surface area contributed by atoms with Crippen molar-refractivity contribution in [3.63, 3.8) is 0 Å². The Balaban J connectivity index is 2.60. The van der Waals surface area contributed by atoms with E-state index in [1.165, 1.54) is 0 Å². The van der Waals surface area contributed by atoms with Gasteiger partial charge in [-0.1, -0.05) is 34.8 Å². The zero-order valence-corrected chi connectivity index (χ0v) is 10.1. The van der Waals surface area contributed by atoms with Crippen molar-refractivity contribution in [2.24, 2.45) is 0 Å². The molecule has 4 atom stereocenters. The van der Waals surface area contributed by atoms with Crippen LogP contribution in [0.15, 0.2) is 0 Å². The zero-order chi connectivity index (χ0) is 12.5. The summed E-state index contributed by atoms with van der Waals surface area (Å²) in [5.41, 5.74) is 0. The van der Waals surface area contributed by atoms with Crippen LogP contribution in [0.25, 0.3) is 0 Å². The average molecular weight is 295 g/mol. The highest BCUT2D eigenvalue weighted by Crippen LogP contribution is 2.30. The number of alkyl halides is 3. The first kappa shape index (κ1) is 14.2. The van der Waals surface area contributed by atoms with Crippen LogP contribution in [-0.2, 0) is 9.47 Å². The van der Waals surface area contributed by atoms with E-state index < -0.39 is 40.9 Å². The van der Waals surface area contributed by atoms with E-state index in [4.69, 9.17) is 54.8 Å². The molecule has 0 aromatic rings. The molecule has 0 saturated carbocycles. The lowest BCUT2D eigenvalue weighted by atomic mass is 10.1. The van der Waals surface area contributed by atoms with Crippen molar-refractivity contribution < 1.29 is 24.8 Å². The molecule has 1 unspecified atom stereocenters. The number of rotatable bonds is 2. The van der Waals surface area contributed by atoms with Crippen molar-refractivity contribution >= 4 is 40.7 Å². The van der Waals surface area contributed by atoms with Gasteiger partial charge in [0.15, 0.2) is 0 Å². The quantitative estimate of drug-likeness (QED) is 0.321. The van der Waals surface area contributed by atoms with Gasteiger partial charge < -0.3 is 24.8 Å². The van der Waals surface area contributed by atoms with E-state index in [1.807, 2.05) is 0 Å². The maximum Gasteiger partial charge on any atom is 0.265 e. The third kappa shape index (κ3) is 3.10. The standard InChI is InChI=1S/C7H10Cl3NO5/c8-7(9,10)6(11)16-5-4(14)3(13)2(1-12)15-5/h2-5,11-14H,1H2/t2-,3-,4-,5?/m1/s1. The van der Waals surface area contributed by atoms with Crippen molar-refractivity contribution in [2.75, 3.05) is 6.61 Å². The van der Waals surface area contributed by atoms with Gasteiger partial charge in [0.2, 0.25) is 12.2 Å². The molecule has 0 radical (unpaired) electrons. The normalized spacial score (nSPS) is 35.1. The molecule has 1 aliphatic heterocycles. The SMILES string of the molecule is N=C(OC1O[C@H](CO)[C@@H](O)[C@H]1O)C(Cl)(Cl)Cl. The van der Waals surface area contributed by atoms with Gasteiger partial charge in [0.1, 0.15) is 18.3 Å². The van der Waals surface area contributed by atoms with E-state index >= 15 is 0 Å². The van der Waals surface area contributed by atoms with Crippen LogP contribution < -0.4 is 0 Å². The van der Waals surface area contributed by atoms with Crippen molar-refractivity contribution in [1.29, 1.82) is 5.41 Å². The summed E-state index contributed by atoms with van der Waals surface area (Å²) in [6.45, 7) is -0.501. The minimum atomic E-state index is -2.08. The summed E-state index contributed by atoms with van der Waals surface area (Å²) in [5, 5.41) is 34.8. The van der Waals surface area contributed by atoms with Crippen molar-refractivity contribution in [2.45, 2.75) is 28.4 Å². The largest absolute Gasteiger partial charge is 0.445 e. The number of ether oxygens (including phenoxy) is 2. The van der Waals surface area contributed by atoms with Gasteiger partial charge in [-0.05, 0) is 0 Å².